The first kappa shape index (κ1) is 15.0. The zero-order valence-corrected chi connectivity index (χ0v) is 11.7. The molecule has 2 rings (SSSR count). The lowest BCUT2D eigenvalue weighted by atomic mass is 10.1. The highest BCUT2D eigenvalue weighted by Crippen LogP contribution is 2.27. The van der Waals surface area contributed by atoms with Crippen molar-refractivity contribution in [2.24, 2.45) is 0 Å². The molecule has 0 radical (unpaired) electrons. The summed E-state index contributed by atoms with van der Waals surface area (Å²) >= 11 is 0. The van der Waals surface area contributed by atoms with Gasteiger partial charge >= 0.3 is 6.61 Å². The van der Waals surface area contributed by atoms with Gasteiger partial charge < -0.3 is 14.8 Å². The van der Waals surface area contributed by atoms with Gasteiger partial charge in [0.05, 0.1) is 7.11 Å². The van der Waals surface area contributed by atoms with Gasteiger partial charge in [0.2, 0.25) is 0 Å². The average Bonchev–Trinajstić information content (AvgIpc) is 2.40. The van der Waals surface area contributed by atoms with Crippen molar-refractivity contribution in [2.75, 3.05) is 26.7 Å². The van der Waals surface area contributed by atoms with Gasteiger partial charge in [-0.3, -0.25) is 4.90 Å². The van der Waals surface area contributed by atoms with Gasteiger partial charge in [-0.15, -0.1) is 0 Å². The third-order valence-electron chi connectivity index (χ3n) is 3.33. The molecule has 0 aliphatic carbocycles. The zero-order valence-electron chi connectivity index (χ0n) is 11.7. The summed E-state index contributed by atoms with van der Waals surface area (Å²) in [5.74, 6) is 0.858. The number of nitrogens with zero attached hydrogens (tertiary/aromatic N) is 1. The Balaban J connectivity index is 2.14. The number of rotatable bonds is 5. The van der Waals surface area contributed by atoms with Crippen LogP contribution in [0.5, 0.6) is 11.5 Å². The number of methoxy groups -OCH3 is 1. The lowest BCUT2D eigenvalue weighted by molar-refractivity contribution is -0.0508. The Morgan fingerprint density at radius 2 is 2.25 bits per heavy atom. The first-order valence-electron chi connectivity index (χ1n) is 6.66. The summed E-state index contributed by atoms with van der Waals surface area (Å²) in [5.41, 5.74) is 0.721. The first-order valence-corrected chi connectivity index (χ1v) is 6.66. The Morgan fingerprint density at radius 3 is 2.90 bits per heavy atom. The molecule has 112 valence electrons. The van der Waals surface area contributed by atoms with Crippen molar-refractivity contribution in [3.05, 3.63) is 23.8 Å². The van der Waals surface area contributed by atoms with E-state index >= 15 is 0 Å². The van der Waals surface area contributed by atoms with E-state index < -0.39 is 6.61 Å². The minimum Gasteiger partial charge on any atom is -0.497 e. The van der Waals surface area contributed by atoms with Gasteiger partial charge in [-0.2, -0.15) is 8.78 Å². The Morgan fingerprint density at radius 1 is 1.45 bits per heavy atom. The molecule has 0 unspecified atom stereocenters. The van der Waals surface area contributed by atoms with Crippen LogP contribution in [0.3, 0.4) is 0 Å². The third kappa shape index (κ3) is 4.05. The molecule has 1 saturated heterocycles. The number of benzene rings is 1. The maximum atomic E-state index is 12.4. The third-order valence-corrected chi connectivity index (χ3v) is 3.33. The fraction of sp³-hybridized carbons (Fsp3) is 0.571. The molecule has 1 aliphatic heterocycles. The fourth-order valence-electron chi connectivity index (χ4n) is 2.41. The van der Waals surface area contributed by atoms with E-state index in [9.17, 15) is 8.78 Å². The molecule has 6 heteroatoms. The summed E-state index contributed by atoms with van der Waals surface area (Å²) < 4.78 is 34.6. The average molecular weight is 286 g/mol. The number of ether oxygens (including phenoxy) is 2. The minimum absolute atomic E-state index is 0.215. The smallest absolute Gasteiger partial charge is 0.387 e. The van der Waals surface area contributed by atoms with E-state index in [4.69, 9.17) is 4.74 Å². The number of halogens is 2. The molecule has 1 heterocycles. The second kappa shape index (κ2) is 6.85. The second-order valence-corrected chi connectivity index (χ2v) is 4.94. The van der Waals surface area contributed by atoms with Crippen molar-refractivity contribution in [2.45, 2.75) is 26.1 Å². The monoisotopic (exact) mass is 286 g/mol. The number of piperazine rings is 1. The lowest BCUT2D eigenvalue weighted by Crippen LogP contribution is -2.48. The highest BCUT2D eigenvalue weighted by molar-refractivity contribution is 5.40. The first-order chi connectivity index (χ1) is 9.58. The quantitative estimate of drug-likeness (QED) is 0.898. The standard InChI is InChI=1S/C14H20F2N2O2/c1-10-8-18(6-5-17-10)9-11-7-12(19-2)3-4-13(11)20-14(15)16/h3-4,7,10,14,17H,5-6,8-9H2,1-2H3/t10-/m1/s1. The normalized spacial score (nSPS) is 20.1. The molecule has 1 atom stereocenters. The van der Waals surface area contributed by atoms with Gasteiger partial charge in [-0.25, -0.2) is 0 Å². The Hall–Kier alpha value is -1.40. The summed E-state index contributed by atoms with van der Waals surface area (Å²) in [6.45, 7) is 2.53. The molecule has 0 bridgehead atoms. The highest BCUT2D eigenvalue weighted by Gasteiger charge is 2.18. The highest BCUT2D eigenvalue weighted by atomic mass is 19.3. The molecule has 0 saturated carbocycles. The predicted molar refractivity (Wildman–Crippen MR) is 72.4 cm³/mol. The summed E-state index contributed by atoms with van der Waals surface area (Å²) in [7, 11) is 1.56. The van der Waals surface area contributed by atoms with Crippen LogP contribution in [0.2, 0.25) is 0 Å². The van der Waals surface area contributed by atoms with Gasteiger partial charge in [0.1, 0.15) is 11.5 Å². The Labute approximate surface area is 117 Å². The van der Waals surface area contributed by atoms with Crippen LogP contribution in [-0.2, 0) is 6.54 Å². The van der Waals surface area contributed by atoms with Crippen molar-refractivity contribution < 1.29 is 18.3 Å². The Kier molecular flexibility index (Phi) is 5.14. The van der Waals surface area contributed by atoms with Crippen LogP contribution >= 0.6 is 0 Å². The van der Waals surface area contributed by atoms with Crippen LogP contribution in [0.25, 0.3) is 0 Å². The molecule has 0 spiro atoms. The van der Waals surface area contributed by atoms with Crippen molar-refractivity contribution in [3.8, 4) is 11.5 Å². The van der Waals surface area contributed by atoms with Crippen LogP contribution < -0.4 is 14.8 Å². The van der Waals surface area contributed by atoms with Crippen LogP contribution in [0, 0.1) is 0 Å². The van der Waals surface area contributed by atoms with Crippen molar-refractivity contribution in [3.63, 3.8) is 0 Å². The number of hydrogen-bond acceptors (Lipinski definition) is 4. The largest absolute Gasteiger partial charge is 0.497 e. The summed E-state index contributed by atoms with van der Waals surface area (Å²) in [5, 5.41) is 3.35. The van der Waals surface area contributed by atoms with Gasteiger partial charge in [0.25, 0.3) is 0 Å². The molecule has 1 N–H and O–H groups in total. The van der Waals surface area contributed by atoms with E-state index in [-0.39, 0.29) is 5.75 Å². The van der Waals surface area contributed by atoms with Crippen molar-refractivity contribution in [1.82, 2.24) is 10.2 Å². The fourth-order valence-corrected chi connectivity index (χ4v) is 2.41. The number of alkyl halides is 2. The molecular formula is C14H20F2N2O2. The SMILES string of the molecule is COc1ccc(OC(F)F)c(CN2CCN[C@H](C)C2)c1. The molecule has 0 aromatic heterocycles. The van der Waals surface area contributed by atoms with Crippen LogP contribution in [-0.4, -0.2) is 44.3 Å². The summed E-state index contributed by atoms with van der Waals surface area (Å²) in [6, 6.07) is 5.31. The van der Waals surface area contributed by atoms with E-state index in [1.807, 2.05) is 0 Å². The summed E-state index contributed by atoms with van der Waals surface area (Å²) in [4.78, 5) is 2.22. The van der Waals surface area contributed by atoms with E-state index in [1.54, 1.807) is 19.2 Å². The van der Waals surface area contributed by atoms with E-state index in [0.717, 1.165) is 25.2 Å². The Bertz CT molecular complexity index is 443. The molecule has 1 fully saturated rings. The van der Waals surface area contributed by atoms with E-state index in [1.165, 1.54) is 6.07 Å². The zero-order chi connectivity index (χ0) is 14.5. The molecule has 20 heavy (non-hydrogen) atoms. The molecule has 0 amide bonds. The van der Waals surface area contributed by atoms with Gasteiger partial charge in [0.15, 0.2) is 0 Å². The van der Waals surface area contributed by atoms with Crippen molar-refractivity contribution in [1.29, 1.82) is 0 Å². The maximum absolute atomic E-state index is 12.4. The topological polar surface area (TPSA) is 33.7 Å². The van der Waals surface area contributed by atoms with Gasteiger partial charge in [-0.1, -0.05) is 0 Å². The second-order valence-electron chi connectivity index (χ2n) is 4.94. The van der Waals surface area contributed by atoms with Gasteiger partial charge in [-0.05, 0) is 25.1 Å². The predicted octanol–water partition coefficient (Wildman–Crippen LogP) is 2.09. The minimum atomic E-state index is -2.82. The van der Waals surface area contributed by atoms with Crippen LogP contribution in [0.15, 0.2) is 18.2 Å². The van der Waals surface area contributed by atoms with Crippen LogP contribution in [0.4, 0.5) is 8.78 Å². The molecular weight excluding hydrogens is 266 g/mol. The molecule has 1 aliphatic rings. The van der Waals surface area contributed by atoms with Crippen molar-refractivity contribution >= 4 is 0 Å². The molecule has 1 aromatic rings. The lowest BCUT2D eigenvalue weighted by Gasteiger charge is -2.32. The summed E-state index contributed by atoms with van der Waals surface area (Å²) in [6.07, 6.45) is 0. The van der Waals surface area contributed by atoms with Crippen LogP contribution in [0.1, 0.15) is 12.5 Å². The number of nitrogens with one attached hydrogen (secondary N) is 1. The van der Waals surface area contributed by atoms with E-state index in [2.05, 4.69) is 21.9 Å². The van der Waals surface area contributed by atoms with Gasteiger partial charge in [0, 0.05) is 37.8 Å². The molecule has 4 nitrogen and oxygen atoms in total. The molecule has 1 aromatic carbocycles. The van der Waals surface area contributed by atoms with E-state index in [0.29, 0.717) is 18.3 Å². The maximum Gasteiger partial charge on any atom is 0.387 e. The number of hydrogen-bond donors (Lipinski definition) is 1.